The molecule has 2 aromatic rings. The molecule has 10 heteroatoms. The fourth-order valence-corrected chi connectivity index (χ4v) is 6.33. The fraction of sp³-hybridized carbons (Fsp3) is 0.348. The van der Waals surface area contributed by atoms with E-state index >= 15 is 0 Å². The predicted octanol–water partition coefficient (Wildman–Crippen LogP) is 3.15. The molecule has 0 aliphatic carbocycles. The second-order valence-corrected chi connectivity index (χ2v) is 9.88. The lowest BCUT2D eigenvalue weighted by Gasteiger charge is -2.49. The number of β-lactam (4-membered cyclic amide) rings is 1. The molecular weight excluding hydrogens is 465 g/mol. The Labute approximate surface area is 199 Å². The second kappa shape index (κ2) is 10.6. The molecule has 7 nitrogen and oxygen atoms in total. The van der Waals surface area contributed by atoms with Crippen LogP contribution in [0, 0.1) is 0 Å². The predicted molar refractivity (Wildman–Crippen MR) is 125 cm³/mol. The Bertz CT molecular complexity index is 1040. The SMILES string of the molecule is COc1ccc(COC(=O)C2=C(C(CCF)Sc3ccncc3)CS[C@H]3C(N)C(=O)N23)cc1. The maximum absolute atomic E-state index is 13.5. The van der Waals surface area contributed by atoms with Gasteiger partial charge in [-0.25, -0.2) is 4.79 Å². The molecular formula is C23H24FN3O4S2. The number of hydrogen-bond donors (Lipinski definition) is 1. The third kappa shape index (κ3) is 5.02. The minimum absolute atomic E-state index is 0.0385. The van der Waals surface area contributed by atoms with Gasteiger partial charge in [0.25, 0.3) is 0 Å². The third-order valence-electron chi connectivity index (χ3n) is 5.45. The van der Waals surface area contributed by atoms with Gasteiger partial charge in [-0.2, -0.15) is 0 Å². The molecule has 0 bridgehead atoms. The molecule has 1 amide bonds. The number of benzene rings is 1. The lowest BCUT2D eigenvalue weighted by molar-refractivity contribution is -0.151. The zero-order valence-electron chi connectivity index (χ0n) is 18.0. The van der Waals surface area contributed by atoms with Crippen LogP contribution in [0.3, 0.4) is 0 Å². The topological polar surface area (TPSA) is 94.7 Å². The molecule has 1 aromatic heterocycles. The van der Waals surface area contributed by atoms with Crippen molar-refractivity contribution in [2.24, 2.45) is 5.73 Å². The van der Waals surface area contributed by atoms with Gasteiger partial charge in [0.2, 0.25) is 5.91 Å². The molecule has 2 aliphatic heterocycles. The number of methoxy groups -OCH3 is 1. The monoisotopic (exact) mass is 489 g/mol. The Morgan fingerprint density at radius 1 is 1.30 bits per heavy atom. The van der Waals surface area contributed by atoms with Crippen LogP contribution in [-0.4, -0.2) is 58.0 Å². The number of nitrogens with two attached hydrogens (primary N) is 1. The van der Waals surface area contributed by atoms with Crippen molar-refractivity contribution in [1.29, 1.82) is 0 Å². The van der Waals surface area contributed by atoms with Gasteiger partial charge in [0, 0.05) is 28.3 Å². The molecule has 1 saturated heterocycles. The second-order valence-electron chi connectivity index (χ2n) is 7.50. The summed E-state index contributed by atoms with van der Waals surface area (Å²) >= 11 is 2.94. The highest BCUT2D eigenvalue weighted by Gasteiger charge is 2.52. The largest absolute Gasteiger partial charge is 0.497 e. The van der Waals surface area contributed by atoms with E-state index in [0.29, 0.717) is 17.1 Å². The van der Waals surface area contributed by atoms with Gasteiger partial charge >= 0.3 is 5.97 Å². The van der Waals surface area contributed by atoms with Crippen LogP contribution < -0.4 is 10.5 Å². The third-order valence-corrected chi connectivity index (χ3v) is 8.12. The lowest BCUT2D eigenvalue weighted by Crippen LogP contribution is -2.68. The summed E-state index contributed by atoms with van der Waals surface area (Å²) in [5, 5.41) is -0.652. The summed E-state index contributed by atoms with van der Waals surface area (Å²) in [7, 11) is 1.58. The summed E-state index contributed by atoms with van der Waals surface area (Å²) in [5.74, 6) is 0.238. The Hall–Kier alpha value is -2.56. The van der Waals surface area contributed by atoms with Gasteiger partial charge in [0.1, 0.15) is 29.5 Å². The van der Waals surface area contributed by atoms with E-state index in [2.05, 4.69) is 4.98 Å². The van der Waals surface area contributed by atoms with Crippen molar-refractivity contribution in [2.45, 2.75) is 34.6 Å². The molecule has 0 spiro atoms. The van der Waals surface area contributed by atoms with Crippen LogP contribution in [0.25, 0.3) is 0 Å². The first kappa shape index (κ1) is 23.6. The van der Waals surface area contributed by atoms with Crippen LogP contribution in [0.5, 0.6) is 5.75 Å². The van der Waals surface area contributed by atoms with Crippen molar-refractivity contribution < 1.29 is 23.5 Å². The number of fused-ring (bicyclic) bond motifs is 1. The highest BCUT2D eigenvalue weighted by atomic mass is 32.2. The van der Waals surface area contributed by atoms with Crippen molar-refractivity contribution >= 4 is 35.4 Å². The number of amides is 1. The standard InChI is InChI=1S/C23H24FN3O4S2/c1-30-15-4-2-14(3-5-15)12-31-23(29)20-17(13-32-22-19(25)21(28)27(20)22)18(6-9-24)33-16-7-10-26-11-8-16/h2-5,7-8,10-11,18-19,22H,6,9,12-13,25H2,1H3/t18?,19?,22-/m0/s1. The summed E-state index contributed by atoms with van der Waals surface area (Å²) in [4.78, 5) is 32.2. The van der Waals surface area contributed by atoms with Gasteiger partial charge in [0.15, 0.2) is 0 Å². The van der Waals surface area contributed by atoms with Gasteiger partial charge < -0.3 is 15.2 Å². The van der Waals surface area contributed by atoms with Crippen molar-refractivity contribution in [3.05, 3.63) is 65.6 Å². The summed E-state index contributed by atoms with van der Waals surface area (Å²) in [5.41, 5.74) is 7.63. The molecule has 3 heterocycles. The number of esters is 1. The summed E-state index contributed by atoms with van der Waals surface area (Å²) in [6, 6.07) is 10.2. The van der Waals surface area contributed by atoms with E-state index in [4.69, 9.17) is 15.2 Å². The van der Waals surface area contributed by atoms with Crippen molar-refractivity contribution in [3.63, 3.8) is 0 Å². The molecule has 33 heavy (non-hydrogen) atoms. The average Bonchev–Trinajstić information content (AvgIpc) is 2.86. The quantitative estimate of drug-likeness (QED) is 0.326. The van der Waals surface area contributed by atoms with Gasteiger partial charge in [-0.15, -0.1) is 23.5 Å². The van der Waals surface area contributed by atoms with E-state index in [9.17, 15) is 14.0 Å². The van der Waals surface area contributed by atoms with E-state index in [-0.39, 0.29) is 35.3 Å². The molecule has 2 aliphatic rings. The van der Waals surface area contributed by atoms with E-state index in [1.807, 2.05) is 12.1 Å². The maximum atomic E-state index is 13.5. The van der Waals surface area contributed by atoms with Gasteiger partial charge in [-0.3, -0.25) is 19.1 Å². The van der Waals surface area contributed by atoms with Crippen molar-refractivity contribution in [3.8, 4) is 5.75 Å². The van der Waals surface area contributed by atoms with Gasteiger partial charge in [-0.05, 0) is 41.8 Å². The first-order chi connectivity index (χ1) is 16.0. The molecule has 0 saturated carbocycles. The number of carbonyl (C=O) groups excluding carboxylic acids is 2. The fourth-order valence-electron chi connectivity index (χ4n) is 3.70. The van der Waals surface area contributed by atoms with Crippen LogP contribution in [-0.2, 0) is 20.9 Å². The van der Waals surface area contributed by atoms with E-state index in [1.54, 1.807) is 43.8 Å². The summed E-state index contributed by atoms with van der Waals surface area (Å²) in [6.45, 7) is -0.515. The van der Waals surface area contributed by atoms with Gasteiger partial charge in [-0.1, -0.05) is 12.1 Å². The summed E-state index contributed by atoms with van der Waals surface area (Å²) in [6.07, 6.45) is 3.53. The number of aromatic nitrogens is 1. The number of hydrogen-bond acceptors (Lipinski definition) is 8. The van der Waals surface area contributed by atoms with Crippen LogP contribution >= 0.6 is 23.5 Å². The van der Waals surface area contributed by atoms with Gasteiger partial charge in [0.05, 0.1) is 13.8 Å². The zero-order valence-corrected chi connectivity index (χ0v) is 19.6. The highest BCUT2D eigenvalue weighted by Crippen LogP contribution is 2.44. The number of thioether (sulfide) groups is 2. The van der Waals surface area contributed by atoms with Crippen LogP contribution in [0.4, 0.5) is 4.39 Å². The molecule has 1 fully saturated rings. The minimum atomic E-state index is -0.659. The van der Waals surface area contributed by atoms with E-state index in [0.717, 1.165) is 10.5 Å². The van der Waals surface area contributed by atoms with Crippen LogP contribution in [0.2, 0.25) is 0 Å². The first-order valence-corrected chi connectivity index (χ1v) is 12.3. The number of nitrogens with zero attached hydrogens (tertiary/aromatic N) is 2. The minimum Gasteiger partial charge on any atom is -0.497 e. The Kier molecular flexibility index (Phi) is 7.56. The smallest absolute Gasteiger partial charge is 0.355 e. The molecule has 2 unspecified atom stereocenters. The number of pyridine rings is 1. The lowest BCUT2D eigenvalue weighted by atomic mass is 10.0. The van der Waals surface area contributed by atoms with Crippen molar-refractivity contribution in [2.75, 3.05) is 19.5 Å². The molecule has 0 radical (unpaired) electrons. The normalized spacial score (nSPS) is 20.7. The molecule has 1 aromatic carbocycles. The number of halogens is 1. The average molecular weight is 490 g/mol. The Balaban J connectivity index is 1.61. The molecule has 174 valence electrons. The van der Waals surface area contributed by atoms with Crippen molar-refractivity contribution in [1.82, 2.24) is 9.88 Å². The number of rotatable bonds is 9. The maximum Gasteiger partial charge on any atom is 0.355 e. The number of ether oxygens (including phenoxy) is 2. The Morgan fingerprint density at radius 3 is 2.70 bits per heavy atom. The molecule has 2 N–H and O–H groups in total. The zero-order chi connectivity index (χ0) is 23.4. The molecule has 4 rings (SSSR count). The van der Waals surface area contributed by atoms with Crippen LogP contribution in [0.1, 0.15) is 12.0 Å². The highest BCUT2D eigenvalue weighted by molar-refractivity contribution is 8.01. The molecule has 3 atom stereocenters. The van der Waals surface area contributed by atoms with E-state index < -0.39 is 18.7 Å². The first-order valence-electron chi connectivity index (χ1n) is 10.4. The number of alkyl halides is 1. The Morgan fingerprint density at radius 2 is 2.03 bits per heavy atom. The number of carbonyl (C=O) groups is 2. The van der Waals surface area contributed by atoms with E-state index in [1.165, 1.54) is 28.4 Å². The van der Waals surface area contributed by atoms with Crippen LogP contribution in [0.15, 0.2) is 65.0 Å². The summed E-state index contributed by atoms with van der Waals surface area (Å²) < 4.78 is 24.2.